The summed E-state index contributed by atoms with van der Waals surface area (Å²) in [5.41, 5.74) is 0. The maximum Gasteiger partial charge on any atom is 0.415 e. The van der Waals surface area contributed by atoms with Gasteiger partial charge in [-0.1, -0.05) is 23.2 Å². The van der Waals surface area contributed by atoms with Crippen molar-refractivity contribution in [3.63, 3.8) is 0 Å². The first-order valence-corrected chi connectivity index (χ1v) is 6.94. The molecule has 110 valence electrons. The summed E-state index contributed by atoms with van der Waals surface area (Å²) in [6.45, 7) is 0.473. The van der Waals surface area contributed by atoms with E-state index in [1.165, 1.54) is 24.1 Å². The van der Waals surface area contributed by atoms with Gasteiger partial charge in [0, 0.05) is 18.7 Å². The Morgan fingerprint density at radius 1 is 1.50 bits per heavy atom. The van der Waals surface area contributed by atoms with Gasteiger partial charge in [-0.05, 0) is 12.8 Å². The van der Waals surface area contributed by atoms with Crippen LogP contribution in [0.3, 0.4) is 0 Å². The van der Waals surface area contributed by atoms with Crippen LogP contribution in [0.5, 0.6) is 11.5 Å². The number of benzene rings is 1. The zero-order valence-corrected chi connectivity index (χ0v) is 12.4. The second kappa shape index (κ2) is 6.52. The molecule has 1 heterocycles. The number of likely N-dealkylation sites (tertiary alicyclic amines) is 1. The largest absolute Gasteiger partial charge is 0.497 e. The first-order valence-electron chi connectivity index (χ1n) is 6.19. The Hall–Kier alpha value is -1.17. The molecule has 0 spiro atoms. The summed E-state index contributed by atoms with van der Waals surface area (Å²) < 4.78 is 10.3. The molecule has 1 unspecified atom stereocenters. The molecule has 7 heteroatoms. The van der Waals surface area contributed by atoms with E-state index in [1.54, 1.807) is 0 Å². The van der Waals surface area contributed by atoms with E-state index in [0.717, 1.165) is 12.8 Å². The molecule has 1 N–H and O–H groups in total. The summed E-state index contributed by atoms with van der Waals surface area (Å²) in [6.07, 6.45) is 1.05. The molecule has 1 aromatic carbocycles. The van der Waals surface area contributed by atoms with Gasteiger partial charge in [-0.2, -0.15) is 0 Å². The minimum atomic E-state index is -0.548. The van der Waals surface area contributed by atoms with Gasteiger partial charge in [0.05, 0.1) is 24.8 Å². The third-order valence-electron chi connectivity index (χ3n) is 3.22. The van der Waals surface area contributed by atoms with Crippen LogP contribution in [0.4, 0.5) is 4.79 Å². The highest BCUT2D eigenvalue weighted by atomic mass is 35.5. The van der Waals surface area contributed by atoms with Crippen molar-refractivity contribution in [1.82, 2.24) is 4.90 Å². The summed E-state index contributed by atoms with van der Waals surface area (Å²) in [6, 6.07) is 2.83. The number of carbonyl (C=O) groups excluding carboxylic acids is 1. The van der Waals surface area contributed by atoms with Crippen LogP contribution in [0.25, 0.3) is 0 Å². The number of rotatable bonds is 3. The van der Waals surface area contributed by atoms with Crippen LogP contribution in [0.1, 0.15) is 12.8 Å². The average Bonchev–Trinajstić information content (AvgIpc) is 2.91. The van der Waals surface area contributed by atoms with Gasteiger partial charge in [-0.25, -0.2) is 4.79 Å². The number of aliphatic hydroxyl groups excluding tert-OH is 1. The van der Waals surface area contributed by atoms with Crippen LogP contribution in [-0.4, -0.2) is 42.4 Å². The molecule has 0 radical (unpaired) electrons. The molecule has 1 aliphatic heterocycles. The van der Waals surface area contributed by atoms with E-state index in [2.05, 4.69) is 0 Å². The molecule has 1 amide bonds. The van der Waals surface area contributed by atoms with E-state index in [-0.39, 0.29) is 28.4 Å². The first-order chi connectivity index (χ1) is 9.56. The van der Waals surface area contributed by atoms with Gasteiger partial charge in [0.1, 0.15) is 10.8 Å². The Bertz CT molecular complexity index is 509. The van der Waals surface area contributed by atoms with Crippen molar-refractivity contribution in [2.75, 3.05) is 20.3 Å². The number of carbonyl (C=O) groups is 1. The van der Waals surface area contributed by atoms with Crippen LogP contribution in [0.2, 0.25) is 10.0 Å². The van der Waals surface area contributed by atoms with E-state index in [1.807, 2.05) is 0 Å². The van der Waals surface area contributed by atoms with Gasteiger partial charge >= 0.3 is 6.09 Å². The predicted molar refractivity (Wildman–Crippen MR) is 75.9 cm³/mol. The van der Waals surface area contributed by atoms with Crippen molar-refractivity contribution in [2.24, 2.45) is 0 Å². The normalized spacial score (nSPS) is 18.2. The van der Waals surface area contributed by atoms with Gasteiger partial charge in [-0.3, -0.25) is 0 Å². The van der Waals surface area contributed by atoms with E-state index < -0.39 is 6.09 Å². The minimum Gasteiger partial charge on any atom is -0.497 e. The number of amides is 1. The lowest BCUT2D eigenvalue weighted by atomic mass is 10.2. The molecule has 0 saturated carbocycles. The second-order valence-corrected chi connectivity index (χ2v) is 5.25. The summed E-state index contributed by atoms with van der Waals surface area (Å²) in [4.78, 5) is 13.6. The molecule has 1 fully saturated rings. The Labute approximate surface area is 127 Å². The van der Waals surface area contributed by atoms with Crippen molar-refractivity contribution >= 4 is 29.3 Å². The third-order valence-corrected chi connectivity index (χ3v) is 4.01. The number of aliphatic hydroxyl groups is 1. The molecule has 5 nitrogen and oxygen atoms in total. The SMILES string of the molecule is COc1cc(Cl)c(Cl)c(OC(=O)N2CCCC2CO)c1. The highest BCUT2D eigenvalue weighted by molar-refractivity contribution is 6.43. The van der Waals surface area contributed by atoms with Crippen molar-refractivity contribution in [3.05, 3.63) is 22.2 Å². The molecule has 2 rings (SSSR count). The first kappa shape index (κ1) is 15.2. The number of halogens is 2. The van der Waals surface area contributed by atoms with E-state index >= 15 is 0 Å². The van der Waals surface area contributed by atoms with Crippen molar-refractivity contribution in [2.45, 2.75) is 18.9 Å². The van der Waals surface area contributed by atoms with Crippen molar-refractivity contribution in [3.8, 4) is 11.5 Å². The second-order valence-electron chi connectivity index (χ2n) is 4.46. The Morgan fingerprint density at radius 3 is 2.90 bits per heavy atom. The summed E-state index contributed by atoms with van der Waals surface area (Å²) in [5, 5.41) is 9.61. The number of methoxy groups -OCH3 is 1. The lowest BCUT2D eigenvalue weighted by molar-refractivity contribution is 0.124. The Kier molecular flexibility index (Phi) is 4.96. The summed E-state index contributed by atoms with van der Waals surface area (Å²) in [5.74, 6) is 0.590. The average molecular weight is 320 g/mol. The smallest absolute Gasteiger partial charge is 0.415 e. The quantitative estimate of drug-likeness (QED) is 0.930. The fourth-order valence-electron chi connectivity index (χ4n) is 2.15. The van der Waals surface area contributed by atoms with E-state index in [9.17, 15) is 9.90 Å². The third kappa shape index (κ3) is 3.11. The van der Waals surface area contributed by atoms with Crippen LogP contribution in [-0.2, 0) is 0 Å². The fraction of sp³-hybridized carbons (Fsp3) is 0.462. The monoisotopic (exact) mass is 319 g/mol. The van der Waals surface area contributed by atoms with Crippen LogP contribution in [0, 0.1) is 0 Å². The van der Waals surface area contributed by atoms with Crippen LogP contribution >= 0.6 is 23.2 Å². The zero-order chi connectivity index (χ0) is 14.7. The number of ether oxygens (including phenoxy) is 2. The van der Waals surface area contributed by atoms with E-state index in [0.29, 0.717) is 12.3 Å². The van der Waals surface area contributed by atoms with Gasteiger partial charge in [0.2, 0.25) is 0 Å². The van der Waals surface area contributed by atoms with Gasteiger partial charge in [0.25, 0.3) is 0 Å². The number of hydrogen-bond donors (Lipinski definition) is 1. The molecular formula is C13H15Cl2NO4. The van der Waals surface area contributed by atoms with Crippen molar-refractivity contribution < 1.29 is 19.4 Å². The molecule has 0 bridgehead atoms. The number of nitrogens with zero attached hydrogens (tertiary/aromatic N) is 1. The molecule has 1 aliphatic rings. The fourth-order valence-corrected chi connectivity index (χ4v) is 2.50. The maximum absolute atomic E-state index is 12.1. The van der Waals surface area contributed by atoms with Crippen molar-refractivity contribution in [1.29, 1.82) is 0 Å². The summed E-state index contributed by atoms with van der Waals surface area (Å²) >= 11 is 12.0. The Morgan fingerprint density at radius 2 is 2.25 bits per heavy atom. The minimum absolute atomic E-state index is 0.0816. The molecule has 1 atom stereocenters. The lowest BCUT2D eigenvalue weighted by Crippen LogP contribution is -2.39. The van der Waals surface area contributed by atoms with Gasteiger partial charge in [0.15, 0.2) is 5.75 Å². The number of hydrogen-bond acceptors (Lipinski definition) is 4. The van der Waals surface area contributed by atoms with Gasteiger partial charge in [-0.15, -0.1) is 0 Å². The van der Waals surface area contributed by atoms with Gasteiger partial charge < -0.3 is 19.5 Å². The maximum atomic E-state index is 12.1. The highest BCUT2D eigenvalue weighted by Gasteiger charge is 2.30. The van der Waals surface area contributed by atoms with E-state index in [4.69, 9.17) is 32.7 Å². The Balaban J connectivity index is 2.17. The molecular weight excluding hydrogens is 305 g/mol. The molecule has 1 saturated heterocycles. The topological polar surface area (TPSA) is 59.0 Å². The lowest BCUT2D eigenvalue weighted by Gasteiger charge is -2.22. The predicted octanol–water partition coefficient (Wildman–Crippen LogP) is 2.96. The van der Waals surface area contributed by atoms with Crippen LogP contribution < -0.4 is 9.47 Å². The van der Waals surface area contributed by atoms with Crippen LogP contribution in [0.15, 0.2) is 12.1 Å². The summed E-state index contributed by atoms with van der Waals surface area (Å²) in [7, 11) is 1.48. The highest BCUT2D eigenvalue weighted by Crippen LogP contribution is 2.36. The standard InChI is InChI=1S/C13H15Cl2NO4/c1-19-9-5-10(14)12(15)11(6-9)20-13(18)16-4-2-3-8(16)7-17/h5-6,8,17H,2-4,7H2,1H3. The molecule has 1 aromatic rings. The molecule has 20 heavy (non-hydrogen) atoms. The molecule has 0 aliphatic carbocycles. The molecule has 0 aromatic heterocycles. The zero-order valence-electron chi connectivity index (χ0n) is 10.9.